The summed E-state index contributed by atoms with van der Waals surface area (Å²) >= 11 is 1.61. The molecule has 0 atom stereocenters. The summed E-state index contributed by atoms with van der Waals surface area (Å²) in [5.41, 5.74) is 2.52. The summed E-state index contributed by atoms with van der Waals surface area (Å²) in [7, 11) is 0. The van der Waals surface area contributed by atoms with Gasteiger partial charge in [-0.05, 0) is 32.4 Å². The van der Waals surface area contributed by atoms with E-state index >= 15 is 0 Å². The van der Waals surface area contributed by atoms with Gasteiger partial charge in [0.1, 0.15) is 5.78 Å². The number of thioether (sulfide) groups is 1. The van der Waals surface area contributed by atoms with Gasteiger partial charge in [0, 0.05) is 4.90 Å². The van der Waals surface area contributed by atoms with Crippen LogP contribution in [0.15, 0.2) is 23.1 Å². The van der Waals surface area contributed by atoms with Gasteiger partial charge < -0.3 is 0 Å². The first-order chi connectivity index (χ1) is 6.09. The number of ketones is 1. The van der Waals surface area contributed by atoms with Gasteiger partial charge in [-0.2, -0.15) is 0 Å². The van der Waals surface area contributed by atoms with E-state index in [9.17, 15) is 4.79 Å². The topological polar surface area (TPSA) is 17.1 Å². The molecule has 0 heterocycles. The first-order valence-electron chi connectivity index (χ1n) is 4.29. The Bertz CT molecular complexity index is 318. The molecule has 0 saturated carbocycles. The van der Waals surface area contributed by atoms with Crippen molar-refractivity contribution in [2.75, 3.05) is 5.75 Å². The van der Waals surface area contributed by atoms with Crippen LogP contribution in [-0.4, -0.2) is 11.5 Å². The molecule has 1 rings (SSSR count). The van der Waals surface area contributed by atoms with Crippen molar-refractivity contribution in [3.05, 3.63) is 29.3 Å². The number of benzene rings is 1. The SMILES string of the molecule is CC(=O)CSc1ccc(C)cc1C. The van der Waals surface area contributed by atoms with Crippen molar-refractivity contribution in [2.45, 2.75) is 25.7 Å². The van der Waals surface area contributed by atoms with Crippen LogP contribution in [0.1, 0.15) is 18.1 Å². The molecule has 0 radical (unpaired) electrons. The van der Waals surface area contributed by atoms with Gasteiger partial charge in [0.15, 0.2) is 0 Å². The quantitative estimate of drug-likeness (QED) is 0.688. The van der Waals surface area contributed by atoms with Crippen molar-refractivity contribution < 1.29 is 4.79 Å². The van der Waals surface area contributed by atoms with Crippen molar-refractivity contribution in [2.24, 2.45) is 0 Å². The highest BCUT2D eigenvalue weighted by atomic mass is 32.2. The molecule has 1 aromatic carbocycles. The van der Waals surface area contributed by atoms with Crippen LogP contribution in [0.3, 0.4) is 0 Å². The Morgan fingerprint density at radius 1 is 1.38 bits per heavy atom. The smallest absolute Gasteiger partial charge is 0.140 e. The van der Waals surface area contributed by atoms with E-state index in [1.165, 1.54) is 16.0 Å². The highest BCUT2D eigenvalue weighted by Gasteiger charge is 2.00. The molecule has 70 valence electrons. The lowest BCUT2D eigenvalue weighted by atomic mass is 10.2. The van der Waals surface area contributed by atoms with E-state index in [1.54, 1.807) is 18.7 Å². The van der Waals surface area contributed by atoms with Gasteiger partial charge in [-0.3, -0.25) is 4.79 Å². The summed E-state index contributed by atoms with van der Waals surface area (Å²) in [4.78, 5) is 12.0. The van der Waals surface area contributed by atoms with Crippen LogP contribution in [0.2, 0.25) is 0 Å². The largest absolute Gasteiger partial charge is 0.299 e. The van der Waals surface area contributed by atoms with Gasteiger partial charge in [-0.25, -0.2) is 0 Å². The van der Waals surface area contributed by atoms with E-state index in [0.29, 0.717) is 5.75 Å². The van der Waals surface area contributed by atoms with Gasteiger partial charge in [-0.1, -0.05) is 17.7 Å². The maximum absolute atomic E-state index is 10.8. The molecular weight excluding hydrogens is 180 g/mol. The third-order valence-corrected chi connectivity index (χ3v) is 3.08. The van der Waals surface area contributed by atoms with Gasteiger partial charge in [0.25, 0.3) is 0 Å². The number of hydrogen-bond donors (Lipinski definition) is 0. The molecule has 1 nitrogen and oxygen atoms in total. The number of aryl methyl sites for hydroxylation is 2. The molecule has 0 bridgehead atoms. The minimum Gasteiger partial charge on any atom is -0.299 e. The predicted octanol–water partition coefficient (Wildman–Crippen LogP) is 2.98. The van der Waals surface area contributed by atoms with Gasteiger partial charge in [0.05, 0.1) is 5.75 Å². The van der Waals surface area contributed by atoms with Crippen molar-refractivity contribution in [3.63, 3.8) is 0 Å². The summed E-state index contributed by atoms with van der Waals surface area (Å²) in [6.07, 6.45) is 0. The third kappa shape index (κ3) is 3.23. The molecule has 13 heavy (non-hydrogen) atoms. The Morgan fingerprint density at radius 2 is 2.08 bits per heavy atom. The second kappa shape index (κ2) is 4.47. The number of rotatable bonds is 3. The molecule has 0 amide bonds. The van der Waals surface area contributed by atoms with Crippen molar-refractivity contribution >= 4 is 17.5 Å². The summed E-state index contributed by atoms with van der Waals surface area (Å²) in [5.74, 6) is 0.800. The van der Waals surface area contributed by atoms with Gasteiger partial charge >= 0.3 is 0 Å². The van der Waals surface area contributed by atoms with Crippen LogP contribution in [0.5, 0.6) is 0 Å². The minimum absolute atomic E-state index is 0.227. The standard InChI is InChI=1S/C11H14OS/c1-8-4-5-11(9(2)6-8)13-7-10(3)12/h4-6H,7H2,1-3H3. The van der Waals surface area contributed by atoms with E-state index in [2.05, 4.69) is 32.0 Å². The Hall–Kier alpha value is -0.760. The number of carbonyl (C=O) groups is 1. The molecule has 0 fully saturated rings. The van der Waals surface area contributed by atoms with Gasteiger partial charge in [-0.15, -0.1) is 11.8 Å². The normalized spacial score (nSPS) is 10.1. The third-order valence-electron chi connectivity index (χ3n) is 1.76. The highest BCUT2D eigenvalue weighted by Crippen LogP contribution is 2.22. The van der Waals surface area contributed by atoms with Crippen LogP contribution in [0, 0.1) is 13.8 Å². The fraction of sp³-hybridized carbons (Fsp3) is 0.364. The first-order valence-corrected chi connectivity index (χ1v) is 5.27. The summed E-state index contributed by atoms with van der Waals surface area (Å²) < 4.78 is 0. The Balaban J connectivity index is 2.72. The second-order valence-corrected chi connectivity index (χ2v) is 4.28. The van der Waals surface area contributed by atoms with Crippen molar-refractivity contribution in [3.8, 4) is 0 Å². The number of hydrogen-bond acceptors (Lipinski definition) is 2. The summed E-state index contributed by atoms with van der Waals surface area (Å²) in [5, 5.41) is 0. The summed E-state index contributed by atoms with van der Waals surface area (Å²) in [6, 6.07) is 6.30. The minimum atomic E-state index is 0.227. The molecule has 1 aromatic rings. The lowest BCUT2D eigenvalue weighted by Crippen LogP contribution is -1.93. The number of Topliss-reactive ketones (excluding diaryl/α,β-unsaturated/α-hetero) is 1. The molecule has 0 aliphatic carbocycles. The highest BCUT2D eigenvalue weighted by molar-refractivity contribution is 8.00. The monoisotopic (exact) mass is 194 g/mol. The number of carbonyl (C=O) groups excluding carboxylic acids is 1. The second-order valence-electron chi connectivity index (χ2n) is 3.26. The maximum atomic E-state index is 10.8. The molecule has 0 spiro atoms. The zero-order valence-corrected chi connectivity index (χ0v) is 9.07. The van der Waals surface area contributed by atoms with Crippen molar-refractivity contribution in [1.29, 1.82) is 0 Å². The predicted molar refractivity (Wildman–Crippen MR) is 57.3 cm³/mol. The van der Waals surface area contributed by atoms with Crippen LogP contribution in [0.25, 0.3) is 0 Å². The average Bonchev–Trinajstić information content (AvgIpc) is 2.02. The van der Waals surface area contributed by atoms with Crippen LogP contribution < -0.4 is 0 Å². The molecule has 0 aromatic heterocycles. The fourth-order valence-corrected chi connectivity index (χ4v) is 1.95. The Labute approximate surface area is 83.5 Å². The van der Waals surface area contributed by atoms with E-state index in [4.69, 9.17) is 0 Å². The molecule has 0 N–H and O–H groups in total. The van der Waals surface area contributed by atoms with Crippen molar-refractivity contribution in [1.82, 2.24) is 0 Å². The molecule has 2 heteroatoms. The van der Waals surface area contributed by atoms with Crippen LogP contribution in [-0.2, 0) is 4.79 Å². The average molecular weight is 194 g/mol. The van der Waals surface area contributed by atoms with E-state index in [1.807, 2.05) is 0 Å². The zero-order valence-electron chi connectivity index (χ0n) is 8.26. The molecule has 0 aliphatic heterocycles. The fourth-order valence-electron chi connectivity index (χ4n) is 1.14. The lowest BCUT2D eigenvalue weighted by molar-refractivity contribution is -0.114. The van der Waals surface area contributed by atoms with E-state index in [-0.39, 0.29) is 5.78 Å². The summed E-state index contributed by atoms with van der Waals surface area (Å²) in [6.45, 7) is 5.78. The first kappa shape index (κ1) is 10.3. The van der Waals surface area contributed by atoms with Crippen LogP contribution >= 0.6 is 11.8 Å². The zero-order chi connectivity index (χ0) is 9.84. The molecule has 0 aliphatic rings. The molecule has 0 unspecified atom stereocenters. The Kier molecular flexibility index (Phi) is 3.55. The Morgan fingerprint density at radius 3 is 2.62 bits per heavy atom. The van der Waals surface area contributed by atoms with Crippen LogP contribution in [0.4, 0.5) is 0 Å². The lowest BCUT2D eigenvalue weighted by Gasteiger charge is -2.04. The van der Waals surface area contributed by atoms with E-state index < -0.39 is 0 Å². The van der Waals surface area contributed by atoms with E-state index in [0.717, 1.165) is 0 Å². The molecule has 0 saturated heterocycles. The molecular formula is C11H14OS. The maximum Gasteiger partial charge on any atom is 0.140 e. The van der Waals surface area contributed by atoms with Gasteiger partial charge in [0.2, 0.25) is 0 Å².